The maximum absolute atomic E-state index is 11.3. The molecule has 6 nitrogen and oxygen atoms in total. The molecule has 0 bridgehead atoms. The molecule has 0 aliphatic rings. The smallest absolute Gasteiger partial charge is 0.360 e. The molecule has 19 heavy (non-hydrogen) atoms. The molecule has 1 heterocycles. The molecule has 0 fully saturated rings. The Bertz CT molecular complexity index is 696. The first-order valence-electron chi connectivity index (χ1n) is 5.20. The maximum atomic E-state index is 11.3. The predicted octanol–water partition coefficient (Wildman–Crippen LogP) is 1.70. The van der Waals surface area contributed by atoms with Gasteiger partial charge >= 0.3 is 5.97 Å². The molecular weight excluding hydrogens is 316 g/mol. The van der Waals surface area contributed by atoms with Gasteiger partial charge in [0.2, 0.25) is 11.1 Å². The van der Waals surface area contributed by atoms with Crippen molar-refractivity contribution < 1.29 is 14.6 Å². The van der Waals surface area contributed by atoms with Gasteiger partial charge in [-0.2, -0.15) is 5.10 Å². The largest absolute Gasteiger partial charge is 0.495 e. The molecule has 98 valence electrons. The summed E-state index contributed by atoms with van der Waals surface area (Å²) in [5.41, 5.74) is -0.570. The molecule has 7 heteroatoms. The zero-order valence-corrected chi connectivity index (χ0v) is 11.4. The molecule has 0 atom stereocenters. The summed E-state index contributed by atoms with van der Waals surface area (Å²) in [6.07, 6.45) is 1.40. The van der Waals surface area contributed by atoms with Gasteiger partial charge in [-0.25, -0.2) is 9.48 Å². The van der Waals surface area contributed by atoms with Crippen molar-refractivity contribution in [2.75, 3.05) is 7.11 Å². The number of aromatic carboxylic acids is 1. The van der Waals surface area contributed by atoms with Crippen LogP contribution in [0.1, 0.15) is 10.5 Å². The van der Waals surface area contributed by atoms with E-state index in [0.29, 0.717) is 11.4 Å². The highest BCUT2D eigenvalue weighted by Crippen LogP contribution is 2.26. The molecule has 0 unspecified atom stereocenters. The Morgan fingerprint density at radius 1 is 1.42 bits per heavy atom. The summed E-state index contributed by atoms with van der Waals surface area (Å²) < 4.78 is 7.21. The van der Waals surface area contributed by atoms with E-state index in [4.69, 9.17) is 9.84 Å². The lowest BCUT2D eigenvalue weighted by molar-refractivity contribution is 0.0687. The molecule has 0 saturated heterocycles. The fourth-order valence-corrected chi connectivity index (χ4v) is 1.90. The zero-order chi connectivity index (χ0) is 14.0. The van der Waals surface area contributed by atoms with Crippen molar-refractivity contribution in [2.24, 2.45) is 0 Å². The highest BCUT2D eigenvalue weighted by Gasteiger charge is 2.12. The maximum Gasteiger partial charge on any atom is 0.360 e. The number of hydrogen-bond acceptors (Lipinski definition) is 4. The zero-order valence-electron chi connectivity index (χ0n) is 9.83. The van der Waals surface area contributed by atoms with Crippen LogP contribution in [-0.2, 0) is 0 Å². The third-order valence-corrected chi connectivity index (χ3v) is 3.07. The molecule has 2 aromatic rings. The normalized spacial score (nSPS) is 10.2. The third kappa shape index (κ3) is 2.65. The van der Waals surface area contributed by atoms with Crippen molar-refractivity contribution in [1.82, 2.24) is 9.78 Å². The van der Waals surface area contributed by atoms with E-state index >= 15 is 0 Å². The standard InChI is InChI=1S/C12H9BrN2O4/c1-19-10-6-7(2-3-8(10)13)15-5-4-9(16)11(14-15)12(17)18/h2-6H,1H3,(H,17,18). The second-order valence-corrected chi connectivity index (χ2v) is 4.45. The molecule has 2 rings (SSSR count). The van der Waals surface area contributed by atoms with E-state index in [9.17, 15) is 9.59 Å². The Morgan fingerprint density at radius 2 is 2.16 bits per heavy atom. The van der Waals surface area contributed by atoms with Crippen molar-refractivity contribution in [3.63, 3.8) is 0 Å². The van der Waals surface area contributed by atoms with E-state index in [2.05, 4.69) is 21.0 Å². The Hall–Kier alpha value is -2.15. The van der Waals surface area contributed by atoms with Gasteiger partial charge in [0, 0.05) is 18.3 Å². The van der Waals surface area contributed by atoms with Crippen LogP contribution in [0, 0.1) is 0 Å². The van der Waals surface area contributed by atoms with Crippen molar-refractivity contribution in [1.29, 1.82) is 0 Å². The van der Waals surface area contributed by atoms with Gasteiger partial charge in [-0.15, -0.1) is 0 Å². The van der Waals surface area contributed by atoms with E-state index in [0.717, 1.165) is 10.5 Å². The van der Waals surface area contributed by atoms with Crippen LogP contribution in [0.15, 0.2) is 39.7 Å². The van der Waals surface area contributed by atoms with Crippen molar-refractivity contribution in [3.8, 4) is 11.4 Å². The van der Waals surface area contributed by atoms with Gasteiger partial charge in [0.05, 0.1) is 17.3 Å². The lowest BCUT2D eigenvalue weighted by atomic mass is 10.3. The molecule has 1 aromatic heterocycles. The molecule has 0 amide bonds. The summed E-state index contributed by atoms with van der Waals surface area (Å²) in [6.45, 7) is 0. The average Bonchev–Trinajstić information content (AvgIpc) is 2.39. The summed E-state index contributed by atoms with van der Waals surface area (Å²) in [5, 5.41) is 12.7. The number of benzene rings is 1. The minimum atomic E-state index is -1.36. The van der Waals surface area contributed by atoms with Crippen LogP contribution in [0.2, 0.25) is 0 Å². The summed E-state index contributed by atoms with van der Waals surface area (Å²) >= 11 is 3.31. The fourth-order valence-electron chi connectivity index (χ4n) is 1.49. The van der Waals surface area contributed by atoms with Gasteiger partial charge < -0.3 is 9.84 Å². The number of carbonyl (C=O) groups is 1. The van der Waals surface area contributed by atoms with E-state index in [-0.39, 0.29) is 0 Å². The highest BCUT2D eigenvalue weighted by molar-refractivity contribution is 9.10. The van der Waals surface area contributed by atoms with E-state index in [1.807, 2.05) is 0 Å². The fraction of sp³-hybridized carbons (Fsp3) is 0.0833. The van der Waals surface area contributed by atoms with Crippen LogP contribution < -0.4 is 10.2 Å². The molecule has 0 aliphatic carbocycles. The van der Waals surface area contributed by atoms with Gasteiger partial charge in [-0.05, 0) is 28.1 Å². The van der Waals surface area contributed by atoms with Gasteiger partial charge in [-0.3, -0.25) is 4.79 Å². The minimum absolute atomic E-state index is 0.524. The highest BCUT2D eigenvalue weighted by atomic mass is 79.9. The average molecular weight is 325 g/mol. The van der Waals surface area contributed by atoms with Gasteiger partial charge in [0.15, 0.2) is 0 Å². The lowest BCUT2D eigenvalue weighted by Crippen LogP contribution is -2.20. The van der Waals surface area contributed by atoms with Gasteiger partial charge in [0.25, 0.3) is 0 Å². The van der Waals surface area contributed by atoms with Crippen molar-refractivity contribution >= 4 is 21.9 Å². The van der Waals surface area contributed by atoms with Crippen LogP contribution >= 0.6 is 15.9 Å². The first-order valence-corrected chi connectivity index (χ1v) is 5.99. The molecular formula is C12H9BrN2O4. The van der Waals surface area contributed by atoms with E-state index in [1.165, 1.54) is 18.0 Å². The quantitative estimate of drug-likeness (QED) is 0.929. The van der Waals surface area contributed by atoms with Crippen molar-refractivity contribution in [3.05, 3.63) is 50.9 Å². The SMILES string of the molecule is COc1cc(-n2ccc(=O)c(C(=O)O)n2)ccc1Br. The Morgan fingerprint density at radius 3 is 2.79 bits per heavy atom. The first kappa shape index (κ1) is 13.3. The van der Waals surface area contributed by atoms with Gasteiger partial charge in [-0.1, -0.05) is 0 Å². The third-order valence-electron chi connectivity index (χ3n) is 2.41. The van der Waals surface area contributed by atoms with Crippen LogP contribution in [-0.4, -0.2) is 28.0 Å². The lowest BCUT2D eigenvalue weighted by Gasteiger charge is -2.09. The number of methoxy groups -OCH3 is 1. The predicted molar refractivity (Wildman–Crippen MR) is 71.0 cm³/mol. The Labute approximate surface area is 116 Å². The van der Waals surface area contributed by atoms with Crippen LogP contribution in [0.3, 0.4) is 0 Å². The number of nitrogens with zero attached hydrogens (tertiary/aromatic N) is 2. The number of halogens is 1. The second-order valence-electron chi connectivity index (χ2n) is 3.60. The first-order chi connectivity index (χ1) is 9.02. The summed E-state index contributed by atoms with van der Waals surface area (Å²) in [7, 11) is 1.52. The summed E-state index contributed by atoms with van der Waals surface area (Å²) in [4.78, 5) is 22.2. The minimum Gasteiger partial charge on any atom is -0.495 e. The molecule has 0 radical (unpaired) electrons. The topological polar surface area (TPSA) is 81.4 Å². The molecule has 1 aromatic carbocycles. The second kappa shape index (κ2) is 5.23. The monoisotopic (exact) mass is 324 g/mol. The van der Waals surface area contributed by atoms with E-state index in [1.54, 1.807) is 18.2 Å². The summed E-state index contributed by atoms with van der Waals surface area (Å²) in [5.74, 6) is -0.779. The van der Waals surface area contributed by atoms with E-state index < -0.39 is 17.1 Å². The molecule has 0 saturated carbocycles. The Kier molecular flexibility index (Phi) is 3.66. The molecule has 0 aliphatic heterocycles. The number of hydrogen-bond donors (Lipinski definition) is 1. The summed E-state index contributed by atoms with van der Waals surface area (Å²) in [6, 6.07) is 6.29. The molecule has 0 spiro atoms. The van der Waals surface area contributed by atoms with Gasteiger partial charge in [0.1, 0.15) is 5.75 Å². The van der Waals surface area contributed by atoms with Crippen LogP contribution in [0.5, 0.6) is 5.75 Å². The van der Waals surface area contributed by atoms with Crippen LogP contribution in [0.4, 0.5) is 0 Å². The molecule has 1 N–H and O–H groups in total. The Balaban J connectivity index is 2.56. The number of carboxylic acids is 1. The number of rotatable bonds is 3. The number of aromatic nitrogens is 2. The van der Waals surface area contributed by atoms with Crippen LogP contribution in [0.25, 0.3) is 5.69 Å². The van der Waals surface area contributed by atoms with Crippen molar-refractivity contribution in [2.45, 2.75) is 0 Å². The number of carboxylic acid groups (broad SMARTS) is 1. The number of ether oxygens (including phenoxy) is 1.